The van der Waals surface area contributed by atoms with Crippen LogP contribution in [-0.4, -0.2) is 23.2 Å². The average Bonchev–Trinajstić information content (AvgIpc) is 2.33. The molecule has 0 bridgehead atoms. The molecule has 0 radical (unpaired) electrons. The van der Waals surface area contributed by atoms with Crippen molar-refractivity contribution in [2.24, 2.45) is 0 Å². The number of fused-ring (bicyclic) bond motifs is 1. The highest BCUT2D eigenvalue weighted by Crippen LogP contribution is 2.31. The van der Waals surface area contributed by atoms with Crippen LogP contribution in [0.2, 0.25) is 0 Å². The van der Waals surface area contributed by atoms with Gasteiger partial charge in [0.05, 0.1) is 22.5 Å². The van der Waals surface area contributed by atoms with Crippen LogP contribution in [0, 0.1) is 5.82 Å². The maximum atomic E-state index is 14.0. The SMILES string of the molecule is COc1cc2[nH]cc(C(=O)O)c(=O)c2c(F)c1Br. The number of halogens is 2. The maximum Gasteiger partial charge on any atom is 0.341 e. The first-order valence-corrected chi connectivity index (χ1v) is 5.57. The van der Waals surface area contributed by atoms with Gasteiger partial charge in [-0.25, -0.2) is 9.18 Å². The molecule has 1 aromatic carbocycles. The van der Waals surface area contributed by atoms with Crippen LogP contribution in [0.5, 0.6) is 5.75 Å². The van der Waals surface area contributed by atoms with Gasteiger partial charge >= 0.3 is 5.97 Å². The van der Waals surface area contributed by atoms with Gasteiger partial charge in [0.15, 0.2) is 5.82 Å². The molecule has 0 aliphatic heterocycles. The summed E-state index contributed by atoms with van der Waals surface area (Å²) in [7, 11) is 1.36. The fourth-order valence-electron chi connectivity index (χ4n) is 1.60. The zero-order valence-electron chi connectivity index (χ0n) is 9.08. The molecule has 2 rings (SSSR count). The lowest BCUT2D eigenvalue weighted by Gasteiger charge is -2.07. The number of benzene rings is 1. The number of hydrogen-bond acceptors (Lipinski definition) is 3. The first kappa shape index (κ1) is 12.6. The van der Waals surface area contributed by atoms with Crippen molar-refractivity contribution in [3.8, 4) is 5.75 Å². The Balaban J connectivity index is 2.95. The predicted molar refractivity (Wildman–Crippen MR) is 65.7 cm³/mol. The van der Waals surface area contributed by atoms with Gasteiger partial charge in [0, 0.05) is 12.3 Å². The lowest BCUT2D eigenvalue weighted by molar-refractivity contribution is 0.0695. The number of H-pyrrole nitrogens is 1. The summed E-state index contributed by atoms with van der Waals surface area (Å²) in [5.74, 6) is -2.06. The van der Waals surface area contributed by atoms with E-state index in [4.69, 9.17) is 9.84 Å². The summed E-state index contributed by atoms with van der Waals surface area (Å²) in [5, 5.41) is 8.49. The number of nitrogens with one attached hydrogen (secondary N) is 1. The van der Waals surface area contributed by atoms with E-state index in [2.05, 4.69) is 20.9 Å². The lowest BCUT2D eigenvalue weighted by Crippen LogP contribution is -2.16. The van der Waals surface area contributed by atoms with Crippen molar-refractivity contribution >= 4 is 32.8 Å². The van der Waals surface area contributed by atoms with E-state index in [1.165, 1.54) is 13.2 Å². The zero-order chi connectivity index (χ0) is 13.4. The molecule has 5 nitrogen and oxygen atoms in total. The summed E-state index contributed by atoms with van der Waals surface area (Å²) in [6, 6.07) is 1.41. The zero-order valence-corrected chi connectivity index (χ0v) is 10.7. The van der Waals surface area contributed by atoms with Crippen molar-refractivity contribution in [3.63, 3.8) is 0 Å². The number of aromatic amines is 1. The number of methoxy groups -OCH3 is 1. The molecule has 0 saturated heterocycles. The summed E-state index contributed by atoms with van der Waals surface area (Å²) in [4.78, 5) is 25.2. The molecule has 0 saturated carbocycles. The Bertz CT molecular complexity index is 710. The van der Waals surface area contributed by atoms with Crippen molar-refractivity contribution < 1.29 is 19.0 Å². The summed E-state index contributed by atoms with van der Waals surface area (Å²) < 4.78 is 18.9. The quantitative estimate of drug-likeness (QED) is 0.889. The molecule has 0 aliphatic rings. The van der Waals surface area contributed by atoms with Crippen LogP contribution < -0.4 is 10.2 Å². The molecule has 0 spiro atoms. The monoisotopic (exact) mass is 315 g/mol. The molecular weight excluding hydrogens is 309 g/mol. The smallest absolute Gasteiger partial charge is 0.341 e. The van der Waals surface area contributed by atoms with E-state index in [1.807, 2.05) is 0 Å². The maximum absolute atomic E-state index is 14.0. The number of aromatic carboxylic acids is 1. The second kappa shape index (κ2) is 4.41. The van der Waals surface area contributed by atoms with Gasteiger partial charge < -0.3 is 14.8 Å². The van der Waals surface area contributed by atoms with Crippen LogP contribution in [0.25, 0.3) is 10.9 Å². The van der Waals surface area contributed by atoms with E-state index in [-0.39, 0.29) is 21.1 Å². The van der Waals surface area contributed by atoms with E-state index in [0.717, 1.165) is 6.20 Å². The van der Waals surface area contributed by atoms with Crippen molar-refractivity contribution in [2.75, 3.05) is 7.11 Å². The number of carbonyl (C=O) groups is 1. The number of aromatic nitrogens is 1. The van der Waals surface area contributed by atoms with Gasteiger partial charge in [-0.2, -0.15) is 0 Å². The van der Waals surface area contributed by atoms with E-state index in [9.17, 15) is 14.0 Å². The van der Waals surface area contributed by atoms with Crippen LogP contribution in [0.4, 0.5) is 4.39 Å². The largest absolute Gasteiger partial charge is 0.495 e. The van der Waals surface area contributed by atoms with Crippen molar-refractivity contribution in [1.82, 2.24) is 4.98 Å². The molecule has 0 unspecified atom stereocenters. The third-order valence-electron chi connectivity index (χ3n) is 2.47. The summed E-state index contributed by atoms with van der Waals surface area (Å²) >= 11 is 2.96. The summed E-state index contributed by atoms with van der Waals surface area (Å²) in [5.41, 5.74) is -1.22. The Hall–Kier alpha value is -1.89. The Kier molecular flexibility index (Phi) is 3.08. The van der Waals surface area contributed by atoms with Gasteiger partial charge in [-0.15, -0.1) is 0 Å². The summed E-state index contributed by atoms with van der Waals surface area (Å²) in [6.07, 6.45) is 1.03. The number of hydrogen-bond donors (Lipinski definition) is 2. The van der Waals surface area contributed by atoms with Crippen molar-refractivity contribution in [2.45, 2.75) is 0 Å². The normalized spacial score (nSPS) is 10.6. The van der Waals surface area contributed by atoms with Gasteiger partial charge in [0.1, 0.15) is 11.3 Å². The van der Waals surface area contributed by atoms with Crippen LogP contribution in [0.1, 0.15) is 10.4 Å². The van der Waals surface area contributed by atoms with Crippen LogP contribution in [-0.2, 0) is 0 Å². The molecule has 94 valence electrons. The minimum Gasteiger partial charge on any atom is -0.495 e. The Morgan fingerprint density at radius 3 is 2.78 bits per heavy atom. The first-order valence-electron chi connectivity index (χ1n) is 4.78. The van der Waals surface area contributed by atoms with Crippen molar-refractivity contribution in [3.05, 3.63) is 38.3 Å². The number of carboxylic acids is 1. The minimum atomic E-state index is -1.41. The number of rotatable bonds is 2. The number of ether oxygens (including phenoxy) is 1. The molecule has 1 heterocycles. The highest BCUT2D eigenvalue weighted by Gasteiger charge is 2.18. The molecule has 18 heavy (non-hydrogen) atoms. The first-order chi connectivity index (χ1) is 8.47. The van der Waals surface area contributed by atoms with Crippen LogP contribution in [0.15, 0.2) is 21.5 Å². The average molecular weight is 316 g/mol. The van der Waals surface area contributed by atoms with E-state index < -0.39 is 22.8 Å². The molecule has 2 aromatic rings. The topological polar surface area (TPSA) is 79.4 Å². The molecule has 0 amide bonds. The molecule has 0 fully saturated rings. The predicted octanol–water partition coefficient (Wildman–Crippen LogP) is 2.14. The third-order valence-corrected chi connectivity index (χ3v) is 3.21. The summed E-state index contributed by atoms with van der Waals surface area (Å²) in [6.45, 7) is 0. The number of carboxylic acid groups (broad SMARTS) is 1. The molecule has 1 aromatic heterocycles. The highest BCUT2D eigenvalue weighted by atomic mass is 79.9. The standard InChI is InChI=1S/C11H7BrFNO4/c1-18-6-2-5-7(9(13)8(6)12)10(15)4(3-14-5)11(16)17/h2-3H,1H3,(H,14,15)(H,16,17). The Morgan fingerprint density at radius 2 is 2.22 bits per heavy atom. The van der Waals surface area contributed by atoms with Gasteiger partial charge in [0.25, 0.3) is 0 Å². The highest BCUT2D eigenvalue weighted by molar-refractivity contribution is 9.10. The van der Waals surface area contributed by atoms with Gasteiger partial charge in [-0.1, -0.05) is 0 Å². The molecule has 0 aliphatic carbocycles. The second-order valence-electron chi connectivity index (χ2n) is 3.47. The minimum absolute atomic E-state index is 0.0226. The third kappa shape index (κ3) is 1.76. The Morgan fingerprint density at radius 1 is 1.56 bits per heavy atom. The van der Waals surface area contributed by atoms with Gasteiger partial charge in [-0.3, -0.25) is 4.79 Å². The van der Waals surface area contributed by atoms with Crippen molar-refractivity contribution in [1.29, 1.82) is 0 Å². The molecule has 0 atom stereocenters. The van der Waals surface area contributed by atoms with E-state index in [1.54, 1.807) is 0 Å². The fourth-order valence-corrected chi connectivity index (χ4v) is 2.07. The second-order valence-corrected chi connectivity index (χ2v) is 4.26. The van der Waals surface area contributed by atoms with E-state index >= 15 is 0 Å². The Labute approximate surface area is 108 Å². The molecule has 7 heteroatoms. The number of pyridine rings is 1. The van der Waals surface area contributed by atoms with Crippen LogP contribution in [0.3, 0.4) is 0 Å². The van der Waals surface area contributed by atoms with E-state index in [0.29, 0.717) is 0 Å². The van der Waals surface area contributed by atoms with Gasteiger partial charge in [-0.05, 0) is 15.9 Å². The van der Waals surface area contributed by atoms with Gasteiger partial charge in [0.2, 0.25) is 5.43 Å². The van der Waals surface area contributed by atoms with Crippen LogP contribution >= 0.6 is 15.9 Å². The lowest BCUT2D eigenvalue weighted by atomic mass is 10.1. The molecule has 2 N–H and O–H groups in total. The molecular formula is C11H7BrFNO4. The fraction of sp³-hybridized carbons (Fsp3) is 0.0909.